The molecule has 0 atom stereocenters. The molecule has 2 aliphatic rings. The van der Waals surface area contributed by atoms with E-state index in [1.165, 1.54) is 0 Å². The van der Waals surface area contributed by atoms with E-state index in [-0.39, 0.29) is 13.5 Å². The van der Waals surface area contributed by atoms with Crippen LogP contribution < -0.4 is 31.0 Å². The van der Waals surface area contributed by atoms with Crippen LogP contribution in [-0.2, 0) is 45.3 Å². The first-order valence-corrected chi connectivity index (χ1v) is 17.2. The molecule has 2 fully saturated rings. The molecular formula is C32H51B2N2O9P. The molecule has 254 valence electrons. The van der Waals surface area contributed by atoms with Gasteiger partial charge in [-0.05, 0) is 116 Å². The maximum atomic E-state index is 12.4. The van der Waals surface area contributed by atoms with Crippen LogP contribution in [0.15, 0.2) is 36.4 Å². The SMILES string of the molecule is CCOc1cc(CNCO[PH](=O)OCNCc2cc(OCC)cc(B3OC(C)(C)C(C)(C)O3)c2)cc(B2OC(C)(C)C(C)(C)O2)c1. The molecule has 46 heavy (non-hydrogen) atoms. The molecule has 0 unspecified atom stereocenters. The van der Waals surface area contributed by atoms with E-state index in [9.17, 15) is 4.57 Å². The molecule has 0 radical (unpaired) electrons. The van der Waals surface area contributed by atoms with E-state index in [1.54, 1.807) is 0 Å². The molecule has 2 saturated heterocycles. The molecule has 0 saturated carbocycles. The molecule has 2 aromatic rings. The van der Waals surface area contributed by atoms with Crippen molar-refractivity contribution in [3.63, 3.8) is 0 Å². The van der Waals surface area contributed by atoms with Crippen LogP contribution in [-0.4, -0.2) is 63.3 Å². The number of rotatable bonds is 16. The summed E-state index contributed by atoms with van der Waals surface area (Å²) in [6.07, 6.45) is 0. The minimum Gasteiger partial charge on any atom is -0.494 e. The Morgan fingerprint density at radius 1 is 0.609 bits per heavy atom. The monoisotopic (exact) mass is 660 g/mol. The fraction of sp³-hybridized carbons (Fsp3) is 0.625. The van der Waals surface area contributed by atoms with Crippen LogP contribution in [0, 0.1) is 0 Å². The second-order valence-electron chi connectivity index (χ2n) is 13.5. The van der Waals surface area contributed by atoms with Gasteiger partial charge in [0.1, 0.15) is 25.0 Å². The molecule has 0 aliphatic carbocycles. The lowest BCUT2D eigenvalue weighted by atomic mass is 9.78. The molecule has 4 rings (SSSR count). The highest BCUT2D eigenvalue weighted by molar-refractivity contribution is 7.33. The number of hydrogen-bond acceptors (Lipinski definition) is 11. The first kappa shape index (κ1) is 36.9. The van der Waals surface area contributed by atoms with Crippen LogP contribution in [0.25, 0.3) is 0 Å². The van der Waals surface area contributed by atoms with Crippen molar-refractivity contribution < 1.29 is 41.7 Å². The smallest absolute Gasteiger partial charge is 0.494 e. The molecular weight excluding hydrogens is 609 g/mol. The summed E-state index contributed by atoms with van der Waals surface area (Å²) in [6, 6.07) is 11.8. The van der Waals surface area contributed by atoms with Gasteiger partial charge in [0.2, 0.25) is 0 Å². The van der Waals surface area contributed by atoms with E-state index in [4.69, 9.17) is 37.1 Å². The average molecular weight is 660 g/mol. The summed E-state index contributed by atoms with van der Waals surface area (Å²) in [5.41, 5.74) is 1.87. The summed E-state index contributed by atoms with van der Waals surface area (Å²) in [5.74, 6) is 1.45. The van der Waals surface area contributed by atoms with Gasteiger partial charge in [0, 0.05) is 13.1 Å². The third-order valence-corrected chi connectivity index (χ3v) is 9.65. The molecule has 11 nitrogen and oxygen atoms in total. The molecule has 0 spiro atoms. The summed E-state index contributed by atoms with van der Waals surface area (Å²) in [4.78, 5) is 0. The number of hydrogen-bond donors (Lipinski definition) is 2. The third-order valence-electron chi connectivity index (χ3n) is 8.89. The zero-order chi connectivity index (χ0) is 33.8. The van der Waals surface area contributed by atoms with E-state index in [0.717, 1.165) is 33.6 Å². The number of ether oxygens (including phenoxy) is 2. The maximum Gasteiger partial charge on any atom is 0.494 e. The Hall–Kier alpha value is -1.92. The van der Waals surface area contributed by atoms with Crippen molar-refractivity contribution in [2.75, 3.05) is 26.7 Å². The average Bonchev–Trinajstić information content (AvgIpc) is 3.33. The standard InChI is InChI=1S/C32H51B2N2O9P/c1-11-38-27-15-23(13-25(17-27)33-42-29(3,4)30(5,6)43-33)19-35-21-40-46(37)41-22-36-20-24-14-26(18-28(16-24)39-12-2)34-44-31(7,8)32(9,10)45-34/h13-18,35-36,46H,11-12,19-22H2,1-10H3. The Balaban J connectivity index is 1.23. The molecule has 0 aromatic heterocycles. The lowest BCUT2D eigenvalue weighted by molar-refractivity contribution is 0.00578. The van der Waals surface area contributed by atoms with Crippen molar-refractivity contribution >= 4 is 33.4 Å². The largest absolute Gasteiger partial charge is 0.494 e. The maximum absolute atomic E-state index is 12.4. The lowest BCUT2D eigenvalue weighted by Gasteiger charge is -2.32. The quantitative estimate of drug-likeness (QED) is 0.116. The Morgan fingerprint density at radius 2 is 0.957 bits per heavy atom. The van der Waals surface area contributed by atoms with Gasteiger partial charge in [-0.25, -0.2) is 0 Å². The van der Waals surface area contributed by atoms with Gasteiger partial charge in [0.15, 0.2) is 0 Å². The second kappa shape index (κ2) is 15.1. The van der Waals surface area contributed by atoms with Gasteiger partial charge in [-0.1, -0.05) is 12.1 Å². The summed E-state index contributed by atoms with van der Waals surface area (Å²) in [6.45, 7) is 22.2. The van der Waals surface area contributed by atoms with Crippen molar-refractivity contribution in [1.29, 1.82) is 0 Å². The highest BCUT2D eigenvalue weighted by Crippen LogP contribution is 2.38. The Kier molecular flexibility index (Phi) is 12.1. The molecule has 2 aromatic carbocycles. The van der Waals surface area contributed by atoms with Gasteiger partial charge >= 0.3 is 22.5 Å². The van der Waals surface area contributed by atoms with Crippen LogP contribution in [0.2, 0.25) is 0 Å². The van der Waals surface area contributed by atoms with Crippen molar-refractivity contribution in [1.82, 2.24) is 10.6 Å². The van der Waals surface area contributed by atoms with Crippen molar-refractivity contribution in [2.24, 2.45) is 0 Å². The van der Waals surface area contributed by atoms with E-state index >= 15 is 0 Å². The topological polar surface area (TPSA) is 115 Å². The molecule has 2 heterocycles. The van der Waals surface area contributed by atoms with Crippen LogP contribution in [0.4, 0.5) is 0 Å². The summed E-state index contributed by atoms with van der Waals surface area (Å²) in [7, 11) is -3.74. The first-order valence-electron chi connectivity index (χ1n) is 16.0. The van der Waals surface area contributed by atoms with Crippen molar-refractivity contribution in [3.05, 3.63) is 47.5 Å². The minimum atomic E-state index is -2.73. The summed E-state index contributed by atoms with van der Waals surface area (Å²) in [5, 5.41) is 6.32. The number of nitrogens with one attached hydrogen (secondary N) is 2. The van der Waals surface area contributed by atoms with Crippen LogP contribution in [0.3, 0.4) is 0 Å². The molecule has 0 amide bonds. The highest BCUT2D eigenvalue weighted by atomic mass is 31.1. The zero-order valence-corrected chi connectivity index (χ0v) is 30.0. The summed E-state index contributed by atoms with van der Waals surface area (Å²) < 4.78 is 59.7. The minimum absolute atomic E-state index is 0.0519. The Labute approximate surface area is 275 Å². The lowest BCUT2D eigenvalue weighted by Crippen LogP contribution is -2.41. The van der Waals surface area contributed by atoms with Crippen LogP contribution in [0.5, 0.6) is 11.5 Å². The van der Waals surface area contributed by atoms with E-state index < -0.39 is 44.9 Å². The first-order chi connectivity index (χ1) is 21.6. The number of benzene rings is 2. The molecule has 14 heteroatoms. The second-order valence-corrected chi connectivity index (χ2v) is 14.6. The zero-order valence-electron chi connectivity index (χ0n) is 29.0. The van der Waals surface area contributed by atoms with Crippen LogP contribution in [0.1, 0.15) is 80.4 Å². The van der Waals surface area contributed by atoms with Crippen molar-refractivity contribution in [3.8, 4) is 11.5 Å². The van der Waals surface area contributed by atoms with E-state index in [0.29, 0.717) is 26.3 Å². The fourth-order valence-corrected chi connectivity index (χ4v) is 5.48. The van der Waals surface area contributed by atoms with Gasteiger partial charge in [-0.15, -0.1) is 0 Å². The van der Waals surface area contributed by atoms with Crippen molar-refractivity contribution in [2.45, 2.75) is 105 Å². The Morgan fingerprint density at radius 3 is 1.28 bits per heavy atom. The van der Waals surface area contributed by atoms with Gasteiger partial charge in [-0.3, -0.25) is 24.2 Å². The predicted molar refractivity (Wildman–Crippen MR) is 181 cm³/mol. The van der Waals surface area contributed by atoms with Gasteiger partial charge in [0.05, 0.1) is 35.6 Å². The van der Waals surface area contributed by atoms with Gasteiger partial charge in [0.25, 0.3) is 0 Å². The third kappa shape index (κ3) is 9.15. The van der Waals surface area contributed by atoms with E-state index in [2.05, 4.69) is 10.6 Å². The normalized spacial score (nSPS) is 19.6. The molecule has 2 N–H and O–H groups in total. The predicted octanol–water partition coefficient (Wildman–Crippen LogP) is 4.30. The summed E-state index contributed by atoms with van der Waals surface area (Å²) >= 11 is 0. The molecule has 0 bridgehead atoms. The van der Waals surface area contributed by atoms with Gasteiger partial charge in [-0.2, -0.15) is 0 Å². The van der Waals surface area contributed by atoms with Crippen LogP contribution >= 0.6 is 8.25 Å². The Bertz CT molecular complexity index is 1230. The molecule has 2 aliphatic heterocycles. The van der Waals surface area contributed by atoms with Gasteiger partial charge < -0.3 is 28.1 Å². The highest BCUT2D eigenvalue weighted by Gasteiger charge is 2.52. The fourth-order valence-electron chi connectivity index (χ4n) is 4.96. The van der Waals surface area contributed by atoms with E-state index in [1.807, 2.05) is 106 Å².